The van der Waals surface area contributed by atoms with Crippen LogP contribution in [0, 0.1) is 5.92 Å². The van der Waals surface area contributed by atoms with E-state index in [4.69, 9.17) is 9.47 Å². The predicted molar refractivity (Wildman–Crippen MR) is 87.2 cm³/mol. The summed E-state index contributed by atoms with van der Waals surface area (Å²) in [5.74, 6) is -0.323. The van der Waals surface area contributed by atoms with Gasteiger partial charge in [0, 0.05) is 13.0 Å². The van der Waals surface area contributed by atoms with Gasteiger partial charge in [0.05, 0.1) is 19.3 Å². The molecular weight excluding hydrogens is 312 g/mol. The number of aliphatic hydroxyl groups excluding tert-OH is 1. The van der Waals surface area contributed by atoms with Crippen molar-refractivity contribution in [3.8, 4) is 0 Å². The molecule has 0 spiro atoms. The number of amides is 1. The van der Waals surface area contributed by atoms with Gasteiger partial charge in [-0.25, -0.2) is 4.79 Å². The van der Waals surface area contributed by atoms with Gasteiger partial charge in [-0.15, -0.1) is 0 Å². The lowest BCUT2D eigenvalue weighted by Crippen LogP contribution is -2.44. The van der Waals surface area contributed by atoms with Gasteiger partial charge in [0.25, 0.3) is 0 Å². The van der Waals surface area contributed by atoms with Crippen molar-refractivity contribution in [1.82, 2.24) is 10.6 Å². The minimum absolute atomic E-state index is 0.0853. The normalized spacial score (nSPS) is 19.5. The molecule has 7 heteroatoms. The first-order valence-electron chi connectivity index (χ1n) is 8.06. The Kier molecular flexibility index (Phi) is 7.17. The first-order valence-corrected chi connectivity index (χ1v) is 8.06. The van der Waals surface area contributed by atoms with E-state index in [1.54, 1.807) is 6.92 Å². The summed E-state index contributed by atoms with van der Waals surface area (Å²) in [4.78, 5) is 23.9. The molecular formula is C17H24N2O5. The van der Waals surface area contributed by atoms with Crippen LogP contribution in [0.5, 0.6) is 0 Å². The Morgan fingerprint density at radius 3 is 2.79 bits per heavy atom. The summed E-state index contributed by atoms with van der Waals surface area (Å²) in [7, 11) is 0. The summed E-state index contributed by atoms with van der Waals surface area (Å²) >= 11 is 0. The number of rotatable bonds is 8. The third-order valence-corrected chi connectivity index (χ3v) is 3.93. The summed E-state index contributed by atoms with van der Waals surface area (Å²) < 4.78 is 10.4. The van der Waals surface area contributed by atoms with Crippen LogP contribution in [0.1, 0.15) is 18.9 Å². The van der Waals surface area contributed by atoms with E-state index in [1.807, 2.05) is 30.3 Å². The minimum atomic E-state index is -0.618. The van der Waals surface area contributed by atoms with Crippen LogP contribution < -0.4 is 10.6 Å². The second kappa shape index (κ2) is 9.36. The van der Waals surface area contributed by atoms with Crippen LogP contribution in [0.15, 0.2) is 30.3 Å². The number of nitrogens with one attached hydrogen (secondary N) is 2. The third-order valence-electron chi connectivity index (χ3n) is 3.93. The molecule has 1 amide bonds. The highest BCUT2D eigenvalue weighted by atomic mass is 16.5. The van der Waals surface area contributed by atoms with Gasteiger partial charge >= 0.3 is 6.09 Å². The summed E-state index contributed by atoms with van der Waals surface area (Å²) in [6, 6.07) is 8.75. The molecule has 1 unspecified atom stereocenters. The number of Topliss-reactive ketones (excluding diaryl/α,β-unsaturated/α-hetero) is 1. The maximum atomic E-state index is 12.1. The quantitative estimate of drug-likeness (QED) is 0.650. The van der Waals surface area contributed by atoms with Crippen LogP contribution in [0.3, 0.4) is 0 Å². The topological polar surface area (TPSA) is 96.9 Å². The molecule has 0 aromatic heterocycles. The summed E-state index contributed by atoms with van der Waals surface area (Å²) in [6.45, 7) is 2.84. The van der Waals surface area contributed by atoms with E-state index in [2.05, 4.69) is 10.6 Å². The Morgan fingerprint density at radius 1 is 1.42 bits per heavy atom. The van der Waals surface area contributed by atoms with Gasteiger partial charge in [0.15, 0.2) is 12.0 Å². The molecule has 1 saturated heterocycles. The van der Waals surface area contributed by atoms with Gasteiger partial charge < -0.3 is 19.9 Å². The molecule has 0 saturated carbocycles. The molecule has 0 aliphatic carbocycles. The number of hydrogen-bond acceptors (Lipinski definition) is 6. The van der Waals surface area contributed by atoms with Crippen LogP contribution in [0.2, 0.25) is 0 Å². The number of ether oxygens (including phenoxy) is 2. The van der Waals surface area contributed by atoms with Crippen LogP contribution in [0.25, 0.3) is 0 Å². The standard InChI is InChI=1S/C17H24N2O5/c1-12(9-15(21)16-18-7-8-23-16)14(10-20)19-17(22)24-11-13-5-3-2-4-6-13/h2-6,12,14,16,18,20H,7-11H2,1H3,(H,19,22)/t12?,14-,16+/m1/s1. The van der Waals surface area contributed by atoms with Crippen molar-refractivity contribution in [3.63, 3.8) is 0 Å². The molecule has 1 fully saturated rings. The molecule has 1 aromatic rings. The Balaban J connectivity index is 1.77. The van der Waals surface area contributed by atoms with Crippen LogP contribution in [-0.4, -0.2) is 49.0 Å². The van der Waals surface area contributed by atoms with Crippen LogP contribution >= 0.6 is 0 Å². The Bertz CT molecular complexity index is 531. The molecule has 3 N–H and O–H groups in total. The molecule has 1 aliphatic rings. The highest BCUT2D eigenvalue weighted by Gasteiger charge is 2.28. The lowest BCUT2D eigenvalue weighted by atomic mass is 9.96. The summed E-state index contributed by atoms with van der Waals surface area (Å²) in [5, 5.41) is 15.0. The Hall–Kier alpha value is -1.96. The second-order valence-electron chi connectivity index (χ2n) is 5.85. The fraction of sp³-hybridized carbons (Fsp3) is 0.529. The first kappa shape index (κ1) is 18.4. The van der Waals surface area contributed by atoms with Gasteiger partial charge in [-0.1, -0.05) is 37.3 Å². The molecule has 0 radical (unpaired) electrons. The van der Waals surface area contributed by atoms with Crippen molar-refractivity contribution in [1.29, 1.82) is 0 Å². The third kappa shape index (κ3) is 5.59. The van der Waals surface area contributed by atoms with Crippen LogP contribution in [0.4, 0.5) is 4.79 Å². The lowest BCUT2D eigenvalue weighted by Gasteiger charge is -2.23. The summed E-state index contributed by atoms with van der Waals surface area (Å²) in [5.41, 5.74) is 0.876. The molecule has 0 bridgehead atoms. The van der Waals surface area contributed by atoms with Gasteiger partial charge in [0.2, 0.25) is 0 Å². The maximum Gasteiger partial charge on any atom is 0.407 e. The van der Waals surface area contributed by atoms with E-state index in [9.17, 15) is 14.7 Å². The average Bonchev–Trinajstić information content (AvgIpc) is 3.13. The molecule has 3 atom stereocenters. The van der Waals surface area contributed by atoms with Gasteiger partial charge in [-0.2, -0.15) is 0 Å². The minimum Gasteiger partial charge on any atom is -0.445 e. The number of carbonyl (C=O) groups is 2. The van der Waals surface area contributed by atoms with E-state index >= 15 is 0 Å². The van der Waals surface area contributed by atoms with Crippen molar-refractivity contribution in [2.75, 3.05) is 19.8 Å². The van der Waals surface area contributed by atoms with E-state index in [0.29, 0.717) is 13.2 Å². The monoisotopic (exact) mass is 336 g/mol. The largest absolute Gasteiger partial charge is 0.445 e. The number of aliphatic hydroxyl groups is 1. The van der Waals surface area contributed by atoms with E-state index in [0.717, 1.165) is 5.56 Å². The van der Waals surface area contributed by atoms with Crippen molar-refractivity contribution in [2.45, 2.75) is 32.2 Å². The van der Waals surface area contributed by atoms with Crippen molar-refractivity contribution < 1.29 is 24.2 Å². The van der Waals surface area contributed by atoms with E-state index < -0.39 is 18.4 Å². The second-order valence-corrected chi connectivity index (χ2v) is 5.85. The molecule has 7 nitrogen and oxygen atoms in total. The van der Waals surface area contributed by atoms with Gasteiger partial charge in [-0.05, 0) is 11.5 Å². The van der Waals surface area contributed by atoms with Crippen molar-refractivity contribution >= 4 is 11.9 Å². The lowest BCUT2D eigenvalue weighted by molar-refractivity contribution is -0.130. The smallest absolute Gasteiger partial charge is 0.407 e. The van der Waals surface area contributed by atoms with Crippen molar-refractivity contribution in [3.05, 3.63) is 35.9 Å². The SMILES string of the molecule is CC(CC(=O)[C@H]1NCCO1)[C@@H](CO)NC(=O)OCc1ccccc1. The summed E-state index contributed by atoms with van der Waals surface area (Å²) in [6.07, 6.45) is -1.01. The van der Waals surface area contributed by atoms with E-state index in [1.165, 1.54) is 0 Å². The Labute approximate surface area is 141 Å². The highest BCUT2D eigenvalue weighted by molar-refractivity contribution is 5.83. The zero-order valence-corrected chi connectivity index (χ0v) is 13.7. The fourth-order valence-corrected chi connectivity index (χ4v) is 2.48. The molecule has 24 heavy (non-hydrogen) atoms. The number of ketones is 1. The van der Waals surface area contributed by atoms with E-state index in [-0.39, 0.29) is 31.3 Å². The predicted octanol–water partition coefficient (Wildman–Crippen LogP) is 0.815. The molecule has 132 valence electrons. The first-order chi connectivity index (χ1) is 11.6. The zero-order valence-electron chi connectivity index (χ0n) is 13.7. The molecule has 1 heterocycles. The molecule has 1 aliphatic heterocycles. The number of hydrogen-bond donors (Lipinski definition) is 3. The zero-order chi connectivity index (χ0) is 17.4. The fourth-order valence-electron chi connectivity index (χ4n) is 2.48. The average molecular weight is 336 g/mol. The van der Waals surface area contributed by atoms with Gasteiger partial charge in [0.1, 0.15) is 6.61 Å². The van der Waals surface area contributed by atoms with Crippen LogP contribution in [-0.2, 0) is 20.9 Å². The number of alkyl carbamates (subject to hydrolysis) is 1. The maximum absolute atomic E-state index is 12.1. The molecule has 2 rings (SSSR count). The number of benzene rings is 1. The van der Waals surface area contributed by atoms with Gasteiger partial charge in [-0.3, -0.25) is 10.1 Å². The highest BCUT2D eigenvalue weighted by Crippen LogP contribution is 2.12. The number of carbonyl (C=O) groups excluding carboxylic acids is 2. The Morgan fingerprint density at radius 2 is 2.17 bits per heavy atom. The van der Waals surface area contributed by atoms with Crippen molar-refractivity contribution in [2.24, 2.45) is 5.92 Å². The molecule has 1 aromatic carbocycles.